The molecule has 16 heavy (non-hydrogen) atoms. The maximum atomic E-state index is 13.4. The second-order valence-electron chi connectivity index (χ2n) is 2.97. The monoisotopic (exact) mass is 335 g/mol. The molecule has 86 valence electrons. The van der Waals surface area contributed by atoms with E-state index in [2.05, 4.69) is 34.3 Å². The van der Waals surface area contributed by atoms with Crippen molar-refractivity contribution in [2.24, 2.45) is 5.16 Å². The normalized spacial score (nSPS) is 11.5. The molecule has 0 atom stereocenters. The molecule has 0 saturated carbocycles. The van der Waals surface area contributed by atoms with Crippen LogP contribution in [0.15, 0.2) is 36.0 Å². The molecule has 0 spiro atoms. The van der Waals surface area contributed by atoms with E-state index in [0.29, 0.717) is 6.61 Å². The predicted molar refractivity (Wildman–Crippen MR) is 68.5 cm³/mol. The first-order chi connectivity index (χ1) is 7.69. The summed E-state index contributed by atoms with van der Waals surface area (Å²) >= 11 is 2.06. The van der Waals surface area contributed by atoms with Gasteiger partial charge in [0.25, 0.3) is 0 Å². The number of hydrogen-bond acceptors (Lipinski definition) is 3. The number of ether oxygens (including phenoxy) is 1. The maximum absolute atomic E-state index is 13.4. The second-order valence-corrected chi connectivity index (χ2v) is 4.22. The third-order valence-electron chi connectivity index (χ3n) is 1.83. The van der Waals surface area contributed by atoms with Gasteiger partial charge in [-0.2, -0.15) is 0 Å². The van der Waals surface area contributed by atoms with E-state index in [1.807, 2.05) is 0 Å². The average molecular weight is 335 g/mol. The highest BCUT2D eigenvalue weighted by molar-refractivity contribution is 14.1. The molecule has 0 amide bonds. The van der Waals surface area contributed by atoms with E-state index in [1.54, 1.807) is 18.2 Å². The molecule has 3 nitrogen and oxygen atoms in total. The Morgan fingerprint density at radius 3 is 3.00 bits per heavy atom. The van der Waals surface area contributed by atoms with Crippen LogP contribution in [-0.4, -0.2) is 24.1 Å². The van der Waals surface area contributed by atoms with Crippen LogP contribution in [0, 0.1) is 9.39 Å². The summed E-state index contributed by atoms with van der Waals surface area (Å²) in [6.45, 7) is 3.85. The molecular weight excluding hydrogens is 324 g/mol. The van der Waals surface area contributed by atoms with E-state index < -0.39 is 5.82 Å². The lowest BCUT2D eigenvalue weighted by Gasteiger charge is -2.06. The van der Waals surface area contributed by atoms with Crippen molar-refractivity contribution >= 4 is 28.3 Å². The quantitative estimate of drug-likeness (QED) is 0.225. The van der Waals surface area contributed by atoms with Crippen molar-refractivity contribution in [2.75, 3.05) is 13.2 Å². The van der Waals surface area contributed by atoms with Crippen LogP contribution in [0.25, 0.3) is 0 Å². The lowest BCUT2D eigenvalue weighted by atomic mass is 10.1. The van der Waals surface area contributed by atoms with Crippen molar-refractivity contribution in [1.82, 2.24) is 0 Å². The third kappa shape index (κ3) is 3.57. The van der Waals surface area contributed by atoms with Gasteiger partial charge in [-0.1, -0.05) is 11.2 Å². The van der Waals surface area contributed by atoms with Gasteiger partial charge in [-0.05, 0) is 40.8 Å². The second kappa shape index (κ2) is 6.59. The fraction of sp³-hybridized carbons (Fsp3) is 0.182. The molecule has 0 fully saturated rings. The summed E-state index contributed by atoms with van der Waals surface area (Å²) in [5.41, 5.74) is 0.413. The highest BCUT2D eigenvalue weighted by Gasteiger charge is 2.10. The predicted octanol–water partition coefficient (Wildman–Crippen LogP) is 2.81. The van der Waals surface area contributed by atoms with Crippen molar-refractivity contribution in [3.8, 4) is 0 Å². The molecule has 0 aliphatic heterocycles. The fourth-order valence-electron chi connectivity index (χ4n) is 1.12. The molecule has 0 aliphatic rings. The lowest BCUT2D eigenvalue weighted by Crippen LogP contribution is -2.13. The van der Waals surface area contributed by atoms with Gasteiger partial charge < -0.3 is 9.94 Å². The first-order valence-corrected chi connectivity index (χ1v) is 5.62. The molecule has 1 N–H and O–H groups in total. The van der Waals surface area contributed by atoms with E-state index in [9.17, 15) is 4.39 Å². The molecule has 0 radical (unpaired) electrons. The van der Waals surface area contributed by atoms with Crippen LogP contribution in [0.1, 0.15) is 5.56 Å². The highest BCUT2D eigenvalue weighted by atomic mass is 127. The Kier molecular flexibility index (Phi) is 5.41. The van der Waals surface area contributed by atoms with Gasteiger partial charge in [0, 0.05) is 9.13 Å². The molecule has 5 heteroatoms. The van der Waals surface area contributed by atoms with Gasteiger partial charge in [0.1, 0.15) is 11.5 Å². The molecule has 0 aromatic heterocycles. The third-order valence-corrected chi connectivity index (χ3v) is 2.51. The van der Waals surface area contributed by atoms with Gasteiger partial charge in [-0.25, -0.2) is 4.39 Å². The van der Waals surface area contributed by atoms with Crippen LogP contribution >= 0.6 is 22.6 Å². The van der Waals surface area contributed by atoms with Crippen molar-refractivity contribution in [3.63, 3.8) is 0 Å². The van der Waals surface area contributed by atoms with Crippen molar-refractivity contribution < 1.29 is 14.3 Å². The van der Waals surface area contributed by atoms with Gasteiger partial charge in [0.2, 0.25) is 0 Å². The number of benzene rings is 1. The van der Waals surface area contributed by atoms with E-state index >= 15 is 0 Å². The first-order valence-electron chi connectivity index (χ1n) is 4.54. The smallest absolute Gasteiger partial charge is 0.132 e. The molecular formula is C11H11FINO2. The number of rotatable bonds is 5. The van der Waals surface area contributed by atoms with E-state index in [4.69, 9.17) is 9.94 Å². The standard InChI is InChI=1S/C11H11FINO2/c1-2-5-16-7-11(14-15)9-6-8(13)3-4-10(9)12/h2-4,6,15H,1,5,7H2/b14-11+. The summed E-state index contributed by atoms with van der Waals surface area (Å²) in [4.78, 5) is 0. The topological polar surface area (TPSA) is 41.8 Å². The SMILES string of the molecule is C=CCOC/C(=N\O)c1cc(I)ccc1F. The van der Waals surface area contributed by atoms with Crippen LogP contribution in [0.3, 0.4) is 0 Å². The summed E-state index contributed by atoms with van der Waals surface area (Å²) in [6.07, 6.45) is 1.57. The zero-order valence-electron chi connectivity index (χ0n) is 8.49. The Bertz CT molecular complexity index is 407. The lowest BCUT2D eigenvalue weighted by molar-refractivity contribution is 0.200. The molecule has 0 heterocycles. The summed E-state index contributed by atoms with van der Waals surface area (Å²) < 4.78 is 19.4. The minimum Gasteiger partial charge on any atom is -0.411 e. The van der Waals surface area contributed by atoms with Gasteiger partial charge in [-0.3, -0.25) is 0 Å². The van der Waals surface area contributed by atoms with Crippen LogP contribution in [0.2, 0.25) is 0 Å². The highest BCUT2D eigenvalue weighted by Crippen LogP contribution is 2.13. The van der Waals surface area contributed by atoms with Crippen molar-refractivity contribution in [2.45, 2.75) is 0 Å². The molecule has 1 aromatic rings. The number of halogens is 2. The molecule has 0 saturated heterocycles. The van der Waals surface area contributed by atoms with Crippen LogP contribution in [0.4, 0.5) is 4.39 Å². The minimum absolute atomic E-state index is 0.0412. The van der Waals surface area contributed by atoms with Gasteiger partial charge >= 0.3 is 0 Å². The van der Waals surface area contributed by atoms with Crippen LogP contribution < -0.4 is 0 Å². The molecule has 0 bridgehead atoms. The van der Waals surface area contributed by atoms with E-state index in [-0.39, 0.29) is 17.9 Å². The molecule has 0 unspecified atom stereocenters. The largest absolute Gasteiger partial charge is 0.411 e. The summed E-state index contributed by atoms with van der Waals surface area (Å²) in [7, 11) is 0. The van der Waals surface area contributed by atoms with Crippen LogP contribution in [-0.2, 0) is 4.74 Å². The Morgan fingerprint density at radius 1 is 1.62 bits per heavy atom. The molecule has 1 aromatic carbocycles. The molecule has 1 rings (SSSR count). The van der Waals surface area contributed by atoms with Crippen molar-refractivity contribution in [1.29, 1.82) is 0 Å². The summed E-state index contributed by atoms with van der Waals surface area (Å²) in [6, 6.07) is 4.57. The van der Waals surface area contributed by atoms with Crippen molar-refractivity contribution in [3.05, 3.63) is 45.8 Å². The van der Waals surface area contributed by atoms with Crippen LogP contribution in [0.5, 0.6) is 0 Å². The van der Waals surface area contributed by atoms with E-state index in [1.165, 1.54) is 6.07 Å². The number of hydrogen-bond donors (Lipinski definition) is 1. The number of nitrogens with zero attached hydrogens (tertiary/aromatic N) is 1. The Morgan fingerprint density at radius 2 is 2.38 bits per heavy atom. The van der Waals surface area contributed by atoms with E-state index in [0.717, 1.165) is 3.57 Å². The van der Waals surface area contributed by atoms with Gasteiger partial charge in [-0.15, -0.1) is 6.58 Å². The Balaban J connectivity index is 2.87. The maximum Gasteiger partial charge on any atom is 0.132 e. The summed E-state index contributed by atoms with van der Waals surface area (Å²) in [5, 5.41) is 11.9. The Hall–Kier alpha value is -0.950. The Labute approximate surface area is 107 Å². The zero-order chi connectivity index (χ0) is 12.0. The molecule has 0 aliphatic carbocycles. The van der Waals surface area contributed by atoms with Gasteiger partial charge in [0.15, 0.2) is 0 Å². The average Bonchev–Trinajstić information content (AvgIpc) is 2.28. The minimum atomic E-state index is -0.435. The summed E-state index contributed by atoms with van der Waals surface area (Å²) in [5.74, 6) is -0.435. The number of oxime groups is 1. The zero-order valence-corrected chi connectivity index (χ0v) is 10.6. The first kappa shape index (κ1) is 13.1. The fourth-order valence-corrected chi connectivity index (χ4v) is 1.61. The van der Waals surface area contributed by atoms with Gasteiger partial charge in [0.05, 0.1) is 13.2 Å².